The zero-order valence-electron chi connectivity index (χ0n) is 8.50. The number of aliphatic carboxylic acids is 1. The quantitative estimate of drug-likeness (QED) is 0.443. The molecular weight excluding hydrogens is 188 g/mol. The van der Waals surface area contributed by atoms with Crippen molar-refractivity contribution >= 4 is 11.9 Å². The molecule has 0 aromatic heterocycles. The number of carbonyl (C=O) groups is 2. The largest absolute Gasteiger partial charge is 0.479 e. The van der Waals surface area contributed by atoms with Gasteiger partial charge in [0, 0.05) is 6.54 Å². The number of rotatable bonds is 5. The number of carboxylic acid groups (broad SMARTS) is 1. The van der Waals surface area contributed by atoms with Gasteiger partial charge in [0.05, 0.1) is 5.54 Å². The average Bonchev–Trinajstić information content (AvgIpc) is 2.01. The van der Waals surface area contributed by atoms with Gasteiger partial charge in [-0.15, -0.1) is 0 Å². The van der Waals surface area contributed by atoms with Crippen molar-refractivity contribution in [3.63, 3.8) is 0 Å². The Morgan fingerprint density at radius 3 is 2.07 bits per heavy atom. The first-order chi connectivity index (χ1) is 6.09. The summed E-state index contributed by atoms with van der Waals surface area (Å²) in [5, 5.41) is 20.5. The van der Waals surface area contributed by atoms with Gasteiger partial charge in [0.25, 0.3) is 0 Å². The Hall–Kier alpha value is -1.14. The number of hydrogen-bond donors (Lipinski definition) is 4. The van der Waals surface area contributed by atoms with E-state index < -0.39 is 23.0 Å². The molecule has 0 saturated heterocycles. The van der Waals surface area contributed by atoms with Gasteiger partial charge in [0.15, 0.2) is 5.60 Å². The van der Waals surface area contributed by atoms with Crippen LogP contribution in [0.2, 0.25) is 0 Å². The van der Waals surface area contributed by atoms with E-state index in [0.29, 0.717) is 0 Å². The van der Waals surface area contributed by atoms with E-state index >= 15 is 0 Å². The summed E-state index contributed by atoms with van der Waals surface area (Å²) < 4.78 is 0. The number of hydrogen-bond acceptors (Lipinski definition) is 4. The standard InChI is InChI=1S/C8H16N2O4/c1-7(2,5(9)11)10-4-8(3,14)6(12)13/h10,14H,4H2,1-3H3,(H2,9,11)(H,12,13). The highest BCUT2D eigenvalue weighted by Gasteiger charge is 2.33. The molecule has 0 aliphatic rings. The average molecular weight is 204 g/mol. The highest BCUT2D eigenvalue weighted by atomic mass is 16.4. The van der Waals surface area contributed by atoms with E-state index in [4.69, 9.17) is 10.8 Å². The number of carbonyl (C=O) groups excluding carboxylic acids is 1. The maximum absolute atomic E-state index is 10.8. The zero-order chi connectivity index (χ0) is 11.6. The number of β-amino-alcohol motifs (C(OH)–C–C–N with tert-alkyl or cyclic N) is 1. The van der Waals surface area contributed by atoms with E-state index in [1.54, 1.807) is 0 Å². The number of carboxylic acids is 1. The minimum absolute atomic E-state index is 0.252. The van der Waals surface area contributed by atoms with Crippen molar-refractivity contribution in [3.05, 3.63) is 0 Å². The van der Waals surface area contributed by atoms with E-state index in [2.05, 4.69) is 5.32 Å². The molecule has 0 radical (unpaired) electrons. The second kappa shape index (κ2) is 3.93. The van der Waals surface area contributed by atoms with Crippen LogP contribution in [0.25, 0.3) is 0 Å². The molecule has 0 aromatic rings. The van der Waals surface area contributed by atoms with Crippen LogP contribution in [0.15, 0.2) is 0 Å². The van der Waals surface area contributed by atoms with Crippen LogP contribution in [-0.2, 0) is 9.59 Å². The molecule has 0 heterocycles. The summed E-state index contributed by atoms with van der Waals surface area (Å²) in [4.78, 5) is 21.3. The first-order valence-corrected chi connectivity index (χ1v) is 4.10. The molecule has 14 heavy (non-hydrogen) atoms. The SMILES string of the molecule is CC(O)(CNC(C)(C)C(N)=O)C(=O)O. The van der Waals surface area contributed by atoms with Crippen molar-refractivity contribution in [2.45, 2.75) is 31.9 Å². The molecule has 6 heteroatoms. The molecule has 0 bridgehead atoms. The number of aliphatic hydroxyl groups is 1. The predicted molar refractivity (Wildman–Crippen MR) is 49.5 cm³/mol. The summed E-state index contributed by atoms with van der Waals surface area (Å²) in [5.74, 6) is -1.97. The minimum Gasteiger partial charge on any atom is -0.479 e. The fourth-order valence-corrected chi connectivity index (χ4v) is 0.556. The van der Waals surface area contributed by atoms with Gasteiger partial charge in [-0.05, 0) is 20.8 Å². The van der Waals surface area contributed by atoms with E-state index in [1.165, 1.54) is 13.8 Å². The highest BCUT2D eigenvalue weighted by Crippen LogP contribution is 2.06. The Bertz CT molecular complexity index is 222. The second-order valence-corrected chi connectivity index (χ2v) is 3.92. The summed E-state index contributed by atoms with van der Waals surface area (Å²) in [7, 11) is 0. The molecule has 1 atom stereocenters. The van der Waals surface area contributed by atoms with Crippen LogP contribution in [0.1, 0.15) is 20.8 Å². The minimum atomic E-state index is -1.91. The van der Waals surface area contributed by atoms with Gasteiger partial charge in [-0.25, -0.2) is 4.79 Å². The van der Waals surface area contributed by atoms with Crippen molar-refractivity contribution < 1.29 is 19.8 Å². The number of nitrogens with one attached hydrogen (secondary N) is 1. The molecule has 1 amide bonds. The second-order valence-electron chi connectivity index (χ2n) is 3.92. The van der Waals surface area contributed by atoms with Crippen molar-refractivity contribution in [1.82, 2.24) is 5.32 Å². The van der Waals surface area contributed by atoms with E-state index in [1.807, 2.05) is 0 Å². The summed E-state index contributed by atoms with van der Waals surface area (Å²) >= 11 is 0. The predicted octanol–water partition coefficient (Wildman–Crippen LogP) is -1.32. The number of amides is 1. The van der Waals surface area contributed by atoms with Gasteiger partial charge >= 0.3 is 5.97 Å². The smallest absolute Gasteiger partial charge is 0.336 e. The Kier molecular flexibility index (Phi) is 3.61. The Labute approximate surface area is 82.1 Å². The first kappa shape index (κ1) is 12.9. The molecule has 0 saturated carbocycles. The molecule has 5 N–H and O–H groups in total. The normalized spacial score (nSPS) is 16.0. The lowest BCUT2D eigenvalue weighted by Gasteiger charge is -2.27. The van der Waals surface area contributed by atoms with Crippen molar-refractivity contribution in [2.75, 3.05) is 6.54 Å². The lowest BCUT2D eigenvalue weighted by atomic mass is 10.0. The maximum atomic E-state index is 10.8. The summed E-state index contributed by atoms with van der Waals surface area (Å²) in [6, 6.07) is 0. The third-order valence-corrected chi connectivity index (χ3v) is 1.95. The molecule has 0 fully saturated rings. The molecule has 0 aliphatic carbocycles. The Morgan fingerprint density at radius 2 is 1.79 bits per heavy atom. The van der Waals surface area contributed by atoms with Gasteiger partial charge in [-0.1, -0.05) is 0 Å². The molecule has 0 spiro atoms. The van der Waals surface area contributed by atoms with Gasteiger partial charge in [-0.3, -0.25) is 4.79 Å². The lowest BCUT2D eigenvalue weighted by Crippen LogP contribution is -2.56. The topological polar surface area (TPSA) is 113 Å². The lowest BCUT2D eigenvalue weighted by molar-refractivity contribution is -0.156. The van der Waals surface area contributed by atoms with E-state index in [-0.39, 0.29) is 6.54 Å². The Balaban J connectivity index is 4.32. The summed E-state index contributed by atoms with van der Waals surface area (Å²) in [6.45, 7) is 3.90. The highest BCUT2D eigenvalue weighted by molar-refractivity contribution is 5.84. The fourth-order valence-electron chi connectivity index (χ4n) is 0.556. The molecule has 0 aromatic carbocycles. The van der Waals surface area contributed by atoms with Crippen molar-refractivity contribution in [1.29, 1.82) is 0 Å². The maximum Gasteiger partial charge on any atom is 0.336 e. The van der Waals surface area contributed by atoms with Crippen LogP contribution in [0.5, 0.6) is 0 Å². The third-order valence-electron chi connectivity index (χ3n) is 1.95. The fraction of sp³-hybridized carbons (Fsp3) is 0.750. The van der Waals surface area contributed by atoms with Gasteiger partial charge in [-0.2, -0.15) is 0 Å². The van der Waals surface area contributed by atoms with Crippen LogP contribution in [-0.4, -0.2) is 39.8 Å². The molecule has 6 nitrogen and oxygen atoms in total. The van der Waals surface area contributed by atoms with Crippen LogP contribution in [0.4, 0.5) is 0 Å². The third kappa shape index (κ3) is 3.31. The monoisotopic (exact) mass is 204 g/mol. The van der Waals surface area contributed by atoms with E-state index in [9.17, 15) is 14.7 Å². The molecular formula is C8H16N2O4. The van der Waals surface area contributed by atoms with Crippen molar-refractivity contribution in [3.8, 4) is 0 Å². The number of primary amides is 1. The van der Waals surface area contributed by atoms with Crippen LogP contribution < -0.4 is 11.1 Å². The summed E-state index contributed by atoms with van der Waals surface area (Å²) in [6.07, 6.45) is 0. The number of nitrogens with two attached hydrogens (primary N) is 1. The molecule has 82 valence electrons. The van der Waals surface area contributed by atoms with Crippen LogP contribution in [0, 0.1) is 0 Å². The first-order valence-electron chi connectivity index (χ1n) is 4.10. The Morgan fingerprint density at radius 1 is 1.36 bits per heavy atom. The zero-order valence-corrected chi connectivity index (χ0v) is 8.50. The van der Waals surface area contributed by atoms with Gasteiger partial charge in [0.1, 0.15) is 0 Å². The summed E-state index contributed by atoms with van der Waals surface area (Å²) in [5.41, 5.74) is 2.09. The van der Waals surface area contributed by atoms with Crippen molar-refractivity contribution in [2.24, 2.45) is 5.73 Å². The molecule has 1 unspecified atom stereocenters. The van der Waals surface area contributed by atoms with E-state index in [0.717, 1.165) is 6.92 Å². The molecule has 0 rings (SSSR count). The van der Waals surface area contributed by atoms with Gasteiger partial charge < -0.3 is 21.3 Å². The van der Waals surface area contributed by atoms with Crippen LogP contribution in [0.3, 0.4) is 0 Å². The van der Waals surface area contributed by atoms with Gasteiger partial charge in [0.2, 0.25) is 5.91 Å². The molecule has 0 aliphatic heterocycles. The van der Waals surface area contributed by atoms with Crippen LogP contribution >= 0.6 is 0 Å².